The number of hydrogen-bond donors (Lipinski definition) is 2. The van der Waals surface area contributed by atoms with Crippen molar-refractivity contribution in [2.24, 2.45) is 17.8 Å². The molecular weight excluding hydrogens is 464 g/mol. The fourth-order valence-corrected chi connectivity index (χ4v) is 5.39. The average Bonchev–Trinajstić information content (AvgIpc) is 2.88. The number of hydrogen-bond acceptors (Lipinski definition) is 8. The van der Waals surface area contributed by atoms with E-state index in [0.717, 1.165) is 12.0 Å². The molecule has 0 radical (unpaired) electrons. The van der Waals surface area contributed by atoms with Gasteiger partial charge in [-0.2, -0.15) is 0 Å². The summed E-state index contributed by atoms with van der Waals surface area (Å²) in [6, 6.07) is 9.53. The predicted octanol–water partition coefficient (Wildman–Crippen LogP) is 3.41. The molecule has 0 saturated carbocycles. The Morgan fingerprint density at radius 1 is 0.972 bits per heavy atom. The van der Waals surface area contributed by atoms with Crippen LogP contribution in [0.1, 0.15) is 51.7 Å². The van der Waals surface area contributed by atoms with Crippen molar-refractivity contribution in [1.29, 1.82) is 0 Å². The maximum Gasteiger partial charge on any atom is 0.314 e. The molecule has 3 rings (SSSR count). The summed E-state index contributed by atoms with van der Waals surface area (Å²) in [6.07, 6.45) is 2.11. The van der Waals surface area contributed by atoms with Gasteiger partial charge in [0.25, 0.3) is 0 Å². The number of cyclic esters (lactones) is 1. The summed E-state index contributed by atoms with van der Waals surface area (Å²) in [5.74, 6) is -4.39. The first-order valence-electron chi connectivity index (χ1n) is 12.8. The molecule has 0 amide bonds. The van der Waals surface area contributed by atoms with Crippen molar-refractivity contribution in [3.05, 3.63) is 48.0 Å². The minimum Gasteiger partial charge on any atom is -0.457 e. The van der Waals surface area contributed by atoms with Crippen molar-refractivity contribution in [2.75, 3.05) is 21.3 Å². The summed E-state index contributed by atoms with van der Waals surface area (Å²) in [6.45, 7) is 5.34. The highest BCUT2D eigenvalue weighted by atomic mass is 16.7. The number of aliphatic hydroxyl groups excluding tert-OH is 1. The van der Waals surface area contributed by atoms with E-state index in [1.54, 1.807) is 21.1 Å². The first kappa shape index (κ1) is 28.8. The molecule has 2 heterocycles. The number of carbonyl (C=O) groups excluding carboxylic acids is 1. The van der Waals surface area contributed by atoms with Crippen molar-refractivity contribution in [3.63, 3.8) is 0 Å². The summed E-state index contributed by atoms with van der Waals surface area (Å²) in [5, 5.41) is 22.8. The molecule has 1 aromatic rings. The molecule has 202 valence electrons. The highest BCUT2D eigenvalue weighted by molar-refractivity contribution is 5.73. The van der Waals surface area contributed by atoms with E-state index >= 15 is 0 Å². The fourth-order valence-electron chi connectivity index (χ4n) is 5.39. The normalized spacial score (nSPS) is 41.6. The van der Waals surface area contributed by atoms with Crippen LogP contribution in [-0.2, 0) is 28.5 Å². The van der Waals surface area contributed by atoms with E-state index in [2.05, 4.69) is 0 Å². The van der Waals surface area contributed by atoms with Gasteiger partial charge in [0.2, 0.25) is 5.79 Å². The molecule has 2 N–H and O–H groups in total. The molecule has 0 aliphatic carbocycles. The van der Waals surface area contributed by atoms with Crippen LogP contribution < -0.4 is 0 Å². The molecule has 0 unspecified atom stereocenters. The van der Waals surface area contributed by atoms with Gasteiger partial charge in [-0.05, 0) is 31.7 Å². The second-order valence-corrected chi connectivity index (χ2v) is 10.0. The quantitative estimate of drug-likeness (QED) is 0.473. The van der Waals surface area contributed by atoms with Crippen LogP contribution in [0.4, 0.5) is 0 Å². The van der Waals surface area contributed by atoms with Gasteiger partial charge in [0, 0.05) is 33.2 Å². The lowest BCUT2D eigenvalue weighted by Gasteiger charge is -2.51. The molecular formula is C28H42O8. The molecule has 10 atom stereocenters. The molecule has 0 aromatic heterocycles. The van der Waals surface area contributed by atoms with E-state index < -0.39 is 42.1 Å². The number of ether oxygens (including phenoxy) is 5. The van der Waals surface area contributed by atoms with E-state index in [-0.39, 0.29) is 24.0 Å². The Kier molecular flexibility index (Phi) is 10.1. The van der Waals surface area contributed by atoms with Crippen molar-refractivity contribution in [3.8, 4) is 0 Å². The second-order valence-electron chi connectivity index (χ2n) is 10.0. The van der Waals surface area contributed by atoms with Gasteiger partial charge in [-0.15, -0.1) is 0 Å². The maximum absolute atomic E-state index is 13.4. The number of methoxy groups -OCH3 is 3. The zero-order valence-electron chi connectivity index (χ0n) is 22.2. The number of aliphatic hydroxyl groups is 2. The van der Waals surface area contributed by atoms with E-state index in [4.69, 9.17) is 23.7 Å². The smallest absolute Gasteiger partial charge is 0.314 e. The van der Waals surface area contributed by atoms with Crippen molar-refractivity contribution in [2.45, 2.75) is 82.4 Å². The Balaban J connectivity index is 2.03. The SMILES string of the molecule is CO[C@H]1CCC[C@@H](c2ccccc2)OC(=O)[C@@H](C)[C@@]2(O)O[C@H]([C@@H](C)[C@H](O)[C@H]2OC)[C@@H](C)/C=C/[C@H]1OC. The Labute approximate surface area is 214 Å². The maximum atomic E-state index is 13.4. The van der Waals surface area contributed by atoms with Crippen LogP contribution in [0.15, 0.2) is 42.5 Å². The van der Waals surface area contributed by atoms with E-state index in [0.29, 0.717) is 12.8 Å². The summed E-state index contributed by atoms with van der Waals surface area (Å²) in [4.78, 5) is 13.4. The molecule has 8 heteroatoms. The minimum atomic E-state index is -2.08. The second kappa shape index (κ2) is 12.6. The number of fused-ring (bicyclic) bond motifs is 2. The number of rotatable bonds is 4. The lowest BCUT2D eigenvalue weighted by molar-refractivity contribution is -0.360. The predicted molar refractivity (Wildman–Crippen MR) is 134 cm³/mol. The van der Waals surface area contributed by atoms with Crippen molar-refractivity contribution >= 4 is 5.97 Å². The number of esters is 1. The third-order valence-corrected chi connectivity index (χ3v) is 7.78. The van der Waals surface area contributed by atoms with Crippen LogP contribution in [0.2, 0.25) is 0 Å². The van der Waals surface area contributed by atoms with Crippen LogP contribution in [0.25, 0.3) is 0 Å². The van der Waals surface area contributed by atoms with Crippen LogP contribution in [-0.4, -0.2) is 73.8 Å². The van der Waals surface area contributed by atoms with Gasteiger partial charge in [-0.25, -0.2) is 0 Å². The minimum absolute atomic E-state index is 0.195. The highest BCUT2D eigenvalue weighted by Gasteiger charge is 2.58. The topological polar surface area (TPSA) is 104 Å². The Morgan fingerprint density at radius 2 is 1.67 bits per heavy atom. The summed E-state index contributed by atoms with van der Waals surface area (Å²) in [7, 11) is 4.69. The van der Waals surface area contributed by atoms with Gasteiger partial charge >= 0.3 is 5.97 Å². The molecule has 1 fully saturated rings. The summed E-state index contributed by atoms with van der Waals surface area (Å²) in [5.41, 5.74) is 0.861. The van der Waals surface area contributed by atoms with Gasteiger partial charge in [0.05, 0.1) is 18.3 Å². The van der Waals surface area contributed by atoms with Gasteiger partial charge in [-0.3, -0.25) is 4.79 Å². The van der Waals surface area contributed by atoms with Gasteiger partial charge in [0.1, 0.15) is 24.2 Å². The lowest BCUT2D eigenvalue weighted by Crippen LogP contribution is -2.66. The molecule has 0 spiro atoms. The van der Waals surface area contributed by atoms with Crippen LogP contribution in [0.3, 0.4) is 0 Å². The first-order valence-corrected chi connectivity index (χ1v) is 12.8. The van der Waals surface area contributed by atoms with Crippen molar-refractivity contribution < 1.29 is 38.7 Å². The third kappa shape index (κ3) is 6.01. The Morgan fingerprint density at radius 3 is 2.28 bits per heavy atom. The summed E-state index contributed by atoms with van der Waals surface area (Å²) >= 11 is 0. The number of benzene rings is 1. The fraction of sp³-hybridized carbons (Fsp3) is 0.679. The van der Waals surface area contributed by atoms with Crippen LogP contribution >= 0.6 is 0 Å². The van der Waals surface area contributed by atoms with E-state index in [1.165, 1.54) is 7.11 Å². The molecule has 8 nitrogen and oxygen atoms in total. The molecule has 2 aliphatic heterocycles. The molecule has 2 aliphatic rings. The van der Waals surface area contributed by atoms with E-state index in [9.17, 15) is 15.0 Å². The first-order chi connectivity index (χ1) is 17.2. The molecule has 1 aromatic carbocycles. The standard InChI is InChI=1S/C28H42O8/c1-17-15-16-23(33-5)22(32-4)14-10-13-21(20-11-8-7-9-12-20)35-27(30)19(3)28(31)26(34-6)24(29)18(2)25(17)36-28/h7-9,11-12,15-19,21-26,29,31H,10,13-14H2,1-6H3/b16-15+/t17-,18-,19+,21-,22-,23+,24-,25-,26+,28+/m0/s1. The largest absolute Gasteiger partial charge is 0.457 e. The highest BCUT2D eigenvalue weighted by Crippen LogP contribution is 2.42. The molecule has 2 bridgehead atoms. The van der Waals surface area contributed by atoms with Gasteiger partial charge in [0.15, 0.2) is 0 Å². The number of carbonyl (C=O) groups is 1. The van der Waals surface area contributed by atoms with Crippen molar-refractivity contribution in [1.82, 2.24) is 0 Å². The zero-order valence-corrected chi connectivity index (χ0v) is 22.2. The Bertz CT molecular complexity index is 860. The average molecular weight is 507 g/mol. The molecule has 1 saturated heterocycles. The molecule has 36 heavy (non-hydrogen) atoms. The lowest BCUT2D eigenvalue weighted by atomic mass is 9.78. The van der Waals surface area contributed by atoms with Crippen LogP contribution in [0.5, 0.6) is 0 Å². The summed E-state index contributed by atoms with van der Waals surface area (Å²) < 4.78 is 29.2. The van der Waals surface area contributed by atoms with E-state index in [1.807, 2.05) is 56.3 Å². The van der Waals surface area contributed by atoms with Gasteiger partial charge in [-0.1, -0.05) is 56.3 Å². The zero-order chi connectivity index (χ0) is 26.5. The third-order valence-electron chi connectivity index (χ3n) is 7.78. The van der Waals surface area contributed by atoms with Crippen LogP contribution in [0, 0.1) is 17.8 Å². The van der Waals surface area contributed by atoms with Gasteiger partial charge < -0.3 is 33.9 Å². The monoisotopic (exact) mass is 506 g/mol. The Hall–Kier alpha value is -1.81.